The molecule has 0 amide bonds. The average molecular weight is 325 g/mol. The van der Waals surface area contributed by atoms with Crippen molar-refractivity contribution in [2.24, 2.45) is 0 Å². The van der Waals surface area contributed by atoms with Gasteiger partial charge in [-0.15, -0.1) is 0 Å². The Hall–Kier alpha value is -2.37. The summed E-state index contributed by atoms with van der Waals surface area (Å²) < 4.78 is 14.6. The summed E-state index contributed by atoms with van der Waals surface area (Å²) in [5.74, 6) is -0.688. The van der Waals surface area contributed by atoms with E-state index in [1.807, 2.05) is 46.5 Å². The smallest absolute Gasteiger partial charge is 0.334 e. The maximum Gasteiger partial charge on any atom is 0.334 e. The van der Waals surface area contributed by atoms with E-state index in [9.17, 15) is 14.0 Å². The zero-order valence-corrected chi connectivity index (χ0v) is 15.0. The second-order valence-corrected chi connectivity index (χ2v) is 3.65. The van der Waals surface area contributed by atoms with Crippen molar-refractivity contribution in [2.45, 2.75) is 48.5 Å². The van der Waals surface area contributed by atoms with Crippen LogP contribution in [0.3, 0.4) is 0 Å². The van der Waals surface area contributed by atoms with Crippen LogP contribution in [0.2, 0.25) is 0 Å². The summed E-state index contributed by atoms with van der Waals surface area (Å²) in [6, 6.07) is 5.39. The maximum absolute atomic E-state index is 13.7. The molecule has 23 heavy (non-hydrogen) atoms. The summed E-state index contributed by atoms with van der Waals surface area (Å²) in [7, 11) is 0. The molecule has 0 aliphatic carbocycles. The molecule has 0 saturated carbocycles. The van der Waals surface area contributed by atoms with Crippen molar-refractivity contribution in [1.82, 2.24) is 9.55 Å². The van der Waals surface area contributed by atoms with Crippen LogP contribution in [0, 0.1) is 12.7 Å². The van der Waals surface area contributed by atoms with Crippen molar-refractivity contribution in [3.05, 3.63) is 56.5 Å². The van der Waals surface area contributed by atoms with Crippen molar-refractivity contribution in [1.29, 1.82) is 0 Å². The number of anilines is 1. The van der Waals surface area contributed by atoms with E-state index < -0.39 is 17.1 Å². The van der Waals surface area contributed by atoms with E-state index in [0.717, 1.165) is 16.2 Å². The summed E-state index contributed by atoms with van der Waals surface area (Å²) >= 11 is 0. The number of aromatic nitrogens is 2. The number of nitrogens with zero attached hydrogens (tertiary/aromatic N) is 1. The molecule has 0 spiro atoms. The van der Waals surface area contributed by atoms with Crippen LogP contribution in [-0.4, -0.2) is 9.55 Å². The van der Waals surface area contributed by atoms with Crippen molar-refractivity contribution in [2.75, 3.05) is 5.73 Å². The third-order valence-electron chi connectivity index (χ3n) is 2.31. The van der Waals surface area contributed by atoms with Gasteiger partial charge in [-0.2, -0.15) is 0 Å². The zero-order chi connectivity index (χ0) is 18.6. The highest BCUT2D eigenvalue weighted by atomic mass is 19.1. The Kier molecular flexibility index (Phi) is 12.2. The Morgan fingerprint density at radius 1 is 1.00 bits per heavy atom. The predicted octanol–water partition coefficient (Wildman–Crippen LogP) is 3.63. The molecule has 6 heteroatoms. The van der Waals surface area contributed by atoms with Crippen molar-refractivity contribution >= 4 is 5.82 Å². The number of nitrogens with two attached hydrogens (primary N) is 1. The Morgan fingerprint density at radius 2 is 1.52 bits per heavy atom. The molecule has 130 valence electrons. The van der Waals surface area contributed by atoms with E-state index in [1.165, 1.54) is 12.1 Å². The third kappa shape index (κ3) is 6.50. The molecule has 2 rings (SSSR count). The van der Waals surface area contributed by atoms with Gasteiger partial charge in [-0.25, -0.2) is 13.8 Å². The van der Waals surface area contributed by atoms with Gasteiger partial charge in [-0.3, -0.25) is 9.78 Å². The fraction of sp³-hybridized carbons (Fsp3) is 0.412. The minimum absolute atomic E-state index is 0.00866. The molecule has 0 fully saturated rings. The number of aryl methyl sites for hydroxylation is 1. The first kappa shape index (κ1) is 22.9. The van der Waals surface area contributed by atoms with Crippen LogP contribution in [0.15, 0.2) is 33.9 Å². The van der Waals surface area contributed by atoms with E-state index >= 15 is 0 Å². The average Bonchev–Trinajstić information content (AvgIpc) is 2.54. The Bertz CT molecular complexity index is 691. The molecular formula is C17H28FN3O2. The SMILES string of the molecule is CC.CC.CC.Cc1ccc(-n2c(N)cc(=O)[nH]c2=O)c(F)c1. The van der Waals surface area contributed by atoms with E-state index in [0.29, 0.717) is 0 Å². The minimum Gasteiger partial charge on any atom is -0.385 e. The molecule has 1 aromatic carbocycles. The van der Waals surface area contributed by atoms with Crippen LogP contribution in [-0.2, 0) is 0 Å². The van der Waals surface area contributed by atoms with Crippen molar-refractivity contribution < 1.29 is 4.39 Å². The third-order valence-corrected chi connectivity index (χ3v) is 2.31. The number of benzene rings is 1. The van der Waals surface area contributed by atoms with Crippen LogP contribution in [0.25, 0.3) is 5.69 Å². The Balaban J connectivity index is 0. The molecule has 1 heterocycles. The molecule has 0 aliphatic heterocycles. The normalized spacial score (nSPS) is 8.52. The lowest BCUT2D eigenvalue weighted by Gasteiger charge is -2.09. The Morgan fingerprint density at radius 3 is 1.96 bits per heavy atom. The number of H-pyrrole nitrogens is 1. The number of hydrogen-bond acceptors (Lipinski definition) is 3. The molecule has 0 unspecified atom stereocenters. The summed E-state index contributed by atoms with van der Waals surface area (Å²) in [6.07, 6.45) is 0. The highest BCUT2D eigenvalue weighted by Gasteiger charge is 2.10. The summed E-state index contributed by atoms with van der Waals surface area (Å²) in [5.41, 5.74) is 4.89. The van der Waals surface area contributed by atoms with Crippen LogP contribution >= 0.6 is 0 Å². The molecule has 0 atom stereocenters. The largest absolute Gasteiger partial charge is 0.385 e. The van der Waals surface area contributed by atoms with E-state index in [-0.39, 0.29) is 11.5 Å². The lowest BCUT2D eigenvalue weighted by molar-refractivity contribution is 0.614. The van der Waals surface area contributed by atoms with Crippen molar-refractivity contribution in [3.63, 3.8) is 0 Å². The molecular weight excluding hydrogens is 297 g/mol. The van der Waals surface area contributed by atoms with Gasteiger partial charge in [0.1, 0.15) is 11.6 Å². The maximum atomic E-state index is 13.7. The van der Waals surface area contributed by atoms with Crippen LogP contribution in [0.4, 0.5) is 10.2 Å². The monoisotopic (exact) mass is 325 g/mol. The van der Waals surface area contributed by atoms with E-state index in [1.54, 1.807) is 13.0 Å². The molecule has 0 radical (unpaired) electrons. The van der Waals surface area contributed by atoms with Gasteiger partial charge in [-0.1, -0.05) is 47.6 Å². The fourth-order valence-electron chi connectivity index (χ4n) is 1.56. The summed E-state index contributed by atoms with van der Waals surface area (Å²) in [5, 5.41) is 0. The lowest BCUT2D eigenvalue weighted by atomic mass is 10.2. The van der Waals surface area contributed by atoms with Gasteiger partial charge in [0.25, 0.3) is 5.56 Å². The number of rotatable bonds is 1. The van der Waals surface area contributed by atoms with Crippen LogP contribution in [0.5, 0.6) is 0 Å². The van der Waals surface area contributed by atoms with E-state index in [4.69, 9.17) is 5.73 Å². The minimum atomic E-state index is -0.766. The number of nitrogens with one attached hydrogen (secondary N) is 1. The molecule has 1 aromatic heterocycles. The second-order valence-electron chi connectivity index (χ2n) is 3.65. The zero-order valence-electron chi connectivity index (χ0n) is 15.0. The fourth-order valence-corrected chi connectivity index (χ4v) is 1.56. The molecule has 5 nitrogen and oxygen atoms in total. The van der Waals surface area contributed by atoms with Gasteiger partial charge in [0.05, 0.1) is 5.69 Å². The van der Waals surface area contributed by atoms with Crippen LogP contribution in [0.1, 0.15) is 47.1 Å². The highest BCUT2D eigenvalue weighted by molar-refractivity contribution is 5.43. The molecule has 3 N–H and O–H groups in total. The standard InChI is InChI=1S/C11H10FN3O2.3C2H6/c1-6-2-3-8(7(12)4-6)15-9(13)5-10(16)14-11(15)17;3*1-2/h2-5H,13H2,1H3,(H,14,16,17);3*1-2H3. The highest BCUT2D eigenvalue weighted by Crippen LogP contribution is 2.15. The van der Waals surface area contributed by atoms with Gasteiger partial charge < -0.3 is 5.73 Å². The number of nitrogen functional groups attached to an aromatic ring is 1. The number of halogens is 1. The van der Waals surface area contributed by atoms with E-state index in [2.05, 4.69) is 0 Å². The topological polar surface area (TPSA) is 80.9 Å². The molecule has 0 saturated heterocycles. The van der Waals surface area contributed by atoms with Gasteiger partial charge in [0.15, 0.2) is 0 Å². The Labute approximate surface area is 137 Å². The summed E-state index contributed by atoms with van der Waals surface area (Å²) in [4.78, 5) is 24.6. The molecule has 0 bridgehead atoms. The first-order chi connectivity index (χ1) is 11.0. The quantitative estimate of drug-likeness (QED) is 0.840. The van der Waals surface area contributed by atoms with Gasteiger partial charge >= 0.3 is 5.69 Å². The van der Waals surface area contributed by atoms with Gasteiger partial charge in [0.2, 0.25) is 0 Å². The number of hydrogen-bond donors (Lipinski definition) is 2. The first-order valence-electron chi connectivity index (χ1n) is 7.87. The van der Waals surface area contributed by atoms with Crippen LogP contribution < -0.4 is 17.0 Å². The molecule has 2 aromatic rings. The number of aromatic amines is 1. The lowest BCUT2D eigenvalue weighted by Crippen LogP contribution is -2.30. The molecule has 0 aliphatic rings. The second kappa shape index (κ2) is 12.2. The van der Waals surface area contributed by atoms with Gasteiger partial charge in [0, 0.05) is 6.07 Å². The van der Waals surface area contributed by atoms with Crippen molar-refractivity contribution in [3.8, 4) is 5.69 Å². The first-order valence-corrected chi connectivity index (χ1v) is 7.87. The van der Waals surface area contributed by atoms with Gasteiger partial charge in [-0.05, 0) is 24.6 Å². The summed E-state index contributed by atoms with van der Waals surface area (Å²) in [6.45, 7) is 13.7. The predicted molar refractivity (Wildman–Crippen MR) is 95.8 cm³/mol.